The van der Waals surface area contributed by atoms with Gasteiger partial charge in [-0.05, 0) is 45.9 Å². The third kappa shape index (κ3) is 5.06. The molecule has 2 amide bonds. The Labute approximate surface area is 152 Å². The molecule has 5 nitrogen and oxygen atoms in total. The van der Waals surface area contributed by atoms with E-state index in [1.807, 2.05) is 33.8 Å². The number of anilines is 1. The topological polar surface area (TPSA) is 58.6 Å². The van der Waals surface area contributed by atoms with E-state index in [-0.39, 0.29) is 18.4 Å². The normalized spacial score (nSPS) is 10.4. The van der Waals surface area contributed by atoms with Crippen LogP contribution in [0.5, 0.6) is 5.75 Å². The number of carbonyl (C=O) groups excluding carboxylic acids is 2. The zero-order chi connectivity index (χ0) is 18.4. The molecule has 0 saturated carbocycles. The van der Waals surface area contributed by atoms with E-state index in [0.717, 1.165) is 9.75 Å². The number of hydrogen-bond acceptors (Lipinski definition) is 4. The third-order valence-corrected chi connectivity index (χ3v) is 4.82. The second-order valence-electron chi connectivity index (χ2n) is 5.66. The minimum Gasteiger partial charge on any atom is -0.484 e. The van der Waals surface area contributed by atoms with Gasteiger partial charge in [-0.15, -0.1) is 11.3 Å². The Balaban J connectivity index is 2.00. The zero-order valence-electron chi connectivity index (χ0n) is 15.1. The molecular weight excluding hydrogens is 336 g/mol. The molecule has 1 heterocycles. The van der Waals surface area contributed by atoms with E-state index >= 15 is 0 Å². The maximum Gasteiger partial charge on any atom is 0.260 e. The number of aryl methyl sites for hydroxylation is 2. The highest BCUT2D eigenvalue weighted by Gasteiger charge is 2.13. The molecule has 0 aliphatic rings. The molecule has 0 aliphatic carbocycles. The highest BCUT2D eigenvalue weighted by molar-refractivity contribution is 7.12. The number of nitrogens with zero attached hydrogens (tertiary/aromatic N) is 1. The standard InChI is InChI=1S/C19H24N2O3S/c1-5-21(6-2)18(22)12-24-16-9-7-8-15(11-16)20-19(23)17-10-13(3)25-14(17)4/h7-11H,5-6,12H2,1-4H3,(H,20,23). The van der Waals surface area contributed by atoms with Crippen molar-refractivity contribution in [1.29, 1.82) is 0 Å². The van der Waals surface area contributed by atoms with Crippen molar-refractivity contribution in [2.75, 3.05) is 25.0 Å². The second kappa shape index (κ2) is 8.67. The molecule has 0 spiro atoms. The van der Waals surface area contributed by atoms with Crippen LogP contribution in [0.4, 0.5) is 5.69 Å². The van der Waals surface area contributed by atoms with Gasteiger partial charge in [0.1, 0.15) is 5.75 Å². The molecule has 0 fully saturated rings. The molecule has 1 aromatic heterocycles. The van der Waals surface area contributed by atoms with Crippen LogP contribution in [0.2, 0.25) is 0 Å². The lowest BCUT2D eigenvalue weighted by molar-refractivity contribution is -0.132. The van der Waals surface area contributed by atoms with Gasteiger partial charge in [-0.3, -0.25) is 9.59 Å². The van der Waals surface area contributed by atoms with E-state index in [1.54, 1.807) is 40.5 Å². The molecule has 0 aliphatic heterocycles. The number of nitrogens with one attached hydrogen (secondary N) is 1. The van der Waals surface area contributed by atoms with Gasteiger partial charge in [-0.1, -0.05) is 6.07 Å². The summed E-state index contributed by atoms with van der Waals surface area (Å²) in [5.74, 6) is 0.360. The number of ether oxygens (including phenoxy) is 1. The number of thiophene rings is 1. The zero-order valence-corrected chi connectivity index (χ0v) is 15.9. The molecule has 25 heavy (non-hydrogen) atoms. The molecular formula is C19H24N2O3S. The highest BCUT2D eigenvalue weighted by Crippen LogP contribution is 2.23. The lowest BCUT2D eigenvalue weighted by atomic mass is 10.2. The van der Waals surface area contributed by atoms with Gasteiger partial charge < -0.3 is 15.0 Å². The smallest absolute Gasteiger partial charge is 0.260 e. The summed E-state index contributed by atoms with van der Waals surface area (Å²) in [6.45, 7) is 9.10. The van der Waals surface area contributed by atoms with Crippen molar-refractivity contribution < 1.29 is 14.3 Å². The monoisotopic (exact) mass is 360 g/mol. The van der Waals surface area contributed by atoms with E-state index < -0.39 is 0 Å². The summed E-state index contributed by atoms with van der Waals surface area (Å²) >= 11 is 1.60. The molecule has 1 N–H and O–H groups in total. The number of likely N-dealkylation sites (N-methyl/N-ethyl adjacent to an activating group) is 1. The predicted molar refractivity (Wildman–Crippen MR) is 102 cm³/mol. The van der Waals surface area contributed by atoms with E-state index in [1.165, 1.54) is 0 Å². The number of hydrogen-bond donors (Lipinski definition) is 1. The van der Waals surface area contributed by atoms with Gasteiger partial charge in [-0.2, -0.15) is 0 Å². The average molecular weight is 360 g/mol. The van der Waals surface area contributed by atoms with Crippen LogP contribution in [-0.2, 0) is 4.79 Å². The van der Waals surface area contributed by atoms with Crippen LogP contribution in [0.15, 0.2) is 30.3 Å². The summed E-state index contributed by atoms with van der Waals surface area (Å²) in [5.41, 5.74) is 1.33. The van der Waals surface area contributed by atoms with Crippen LogP contribution in [0.25, 0.3) is 0 Å². The number of benzene rings is 1. The highest BCUT2D eigenvalue weighted by atomic mass is 32.1. The fourth-order valence-corrected chi connectivity index (χ4v) is 3.45. The van der Waals surface area contributed by atoms with E-state index in [2.05, 4.69) is 5.32 Å². The number of carbonyl (C=O) groups is 2. The largest absolute Gasteiger partial charge is 0.484 e. The Hall–Kier alpha value is -2.34. The molecule has 134 valence electrons. The summed E-state index contributed by atoms with van der Waals surface area (Å²) < 4.78 is 5.57. The quantitative estimate of drug-likeness (QED) is 0.815. The van der Waals surface area contributed by atoms with Gasteiger partial charge >= 0.3 is 0 Å². The molecule has 0 unspecified atom stereocenters. The van der Waals surface area contributed by atoms with E-state index in [0.29, 0.717) is 30.1 Å². The summed E-state index contributed by atoms with van der Waals surface area (Å²) in [6.07, 6.45) is 0. The van der Waals surface area contributed by atoms with Crippen LogP contribution < -0.4 is 10.1 Å². The van der Waals surface area contributed by atoms with Crippen molar-refractivity contribution >= 4 is 28.8 Å². The molecule has 0 atom stereocenters. The predicted octanol–water partition coefficient (Wildman–Crippen LogP) is 3.86. The molecule has 6 heteroatoms. The van der Waals surface area contributed by atoms with E-state index in [9.17, 15) is 9.59 Å². The molecule has 0 radical (unpaired) electrons. The van der Waals surface area contributed by atoms with Crippen molar-refractivity contribution in [2.24, 2.45) is 0 Å². The van der Waals surface area contributed by atoms with Crippen molar-refractivity contribution in [3.8, 4) is 5.75 Å². The first-order valence-corrected chi connectivity index (χ1v) is 9.15. The third-order valence-electron chi connectivity index (χ3n) is 3.86. The summed E-state index contributed by atoms with van der Waals surface area (Å²) in [7, 11) is 0. The van der Waals surface area contributed by atoms with Crippen LogP contribution in [0.1, 0.15) is 34.0 Å². The van der Waals surface area contributed by atoms with Gasteiger partial charge in [0, 0.05) is 34.6 Å². The van der Waals surface area contributed by atoms with Crippen LogP contribution in [-0.4, -0.2) is 36.4 Å². The first kappa shape index (κ1) is 19.0. The van der Waals surface area contributed by atoms with Crippen molar-refractivity contribution in [1.82, 2.24) is 4.90 Å². The minimum atomic E-state index is -0.141. The lowest BCUT2D eigenvalue weighted by Gasteiger charge is -2.18. The molecule has 1 aromatic carbocycles. The molecule has 2 rings (SSSR count). The minimum absolute atomic E-state index is 0.0120. The first-order chi connectivity index (χ1) is 11.9. The Morgan fingerprint density at radius 1 is 1.16 bits per heavy atom. The Kier molecular flexibility index (Phi) is 6.58. The van der Waals surface area contributed by atoms with Crippen LogP contribution in [0, 0.1) is 13.8 Å². The Bertz CT molecular complexity index is 751. The Morgan fingerprint density at radius 3 is 2.48 bits per heavy atom. The summed E-state index contributed by atoms with van der Waals surface area (Å²) in [4.78, 5) is 28.2. The second-order valence-corrected chi connectivity index (χ2v) is 7.12. The fraction of sp³-hybridized carbons (Fsp3) is 0.368. The van der Waals surface area contributed by atoms with Crippen molar-refractivity contribution in [3.05, 3.63) is 45.6 Å². The van der Waals surface area contributed by atoms with Gasteiger partial charge in [0.05, 0.1) is 5.56 Å². The SMILES string of the molecule is CCN(CC)C(=O)COc1cccc(NC(=O)c2cc(C)sc2C)c1. The summed E-state index contributed by atoms with van der Waals surface area (Å²) in [5, 5.41) is 2.88. The number of rotatable bonds is 7. The van der Waals surface area contributed by atoms with Crippen molar-refractivity contribution in [2.45, 2.75) is 27.7 Å². The van der Waals surface area contributed by atoms with E-state index in [4.69, 9.17) is 4.74 Å². The van der Waals surface area contributed by atoms with Crippen LogP contribution >= 0.6 is 11.3 Å². The lowest BCUT2D eigenvalue weighted by Crippen LogP contribution is -2.34. The Morgan fingerprint density at radius 2 is 1.88 bits per heavy atom. The average Bonchev–Trinajstić information content (AvgIpc) is 2.93. The maximum absolute atomic E-state index is 12.4. The number of amides is 2. The van der Waals surface area contributed by atoms with Gasteiger partial charge in [0.25, 0.3) is 11.8 Å². The van der Waals surface area contributed by atoms with Gasteiger partial charge in [0.15, 0.2) is 6.61 Å². The molecule has 2 aromatic rings. The summed E-state index contributed by atoms with van der Waals surface area (Å²) in [6, 6.07) is 8.97. The van der Waals surface area contributed by atoms with Crippen LogP contribution in [0.3, 0.4) is 0 Å². The maximum atomic E-state index is 12.4. The van der Waals surface area contributed by atoms with Gasteiger partial charge in [0.2, 0.25) is 0 Å². The van der Waals surface area contributed by atoms with Gasteiger partial charge in [-0.25, -0.2) is 0 Å². The first-order valence-electron chi connectivity index (χ1n) is 8.33. The van der Waals surface area contributed by atoms with Crippen molar-refractivity contribution in [3.63, 3.8) is 0 Å². The molecule has 0 saturated heterocycles. The molecule has 0 bridgehead atoms. The fourth-order valence-electron chi connectivity index (χ4n) is 2.53.